The first-order valence-electron chi connectivity index (χ1n) is 5.90. The third kappa shape index (κ3) is 2.07. The lowest BCUT2D eigenvalue weighted by Gasteiger charge is -2.37. The lowest BCUT2D eigenvalue weighted by molar-refractivity contribution is -0.0109. The molecule has 0 unspecified atom stereocenters. The van der Waals surface area contributed by atoms with Gasteiger partial charge in [-0.3, -0.25) is 0 Å². The van der Waals surface area contributed by atoms with E-state index in [0.717, 1.165) is 18.6 Å². The number of hydrogen-bond donors (Lipinski definition) is 0. The number of rotatable bonds is 2. The van der Waals surface area contributed by atoms with Crippen LogP contribution in [0.2, 0.25) is 0 Å². The summed E-state index contributed by atoms with van der Waals surface area (Å²) in [6.45, 7) is 6.38. The van der Waals surface area contributed by atoms with Gasteiger partial charge in [0.05, 0.1) is 6.10 Å². The summed E-state index contributed by atoms with van der Waals surface area (Å²) in [5, 5.41) is 0. The van der Waals surface area contributed by atoms with Crippen LogP contribution >= 0.6 is 0 Å². The first-order valence-corrected chi connectivity index (χ1v) is 5.90. The Balaban J connectivity index is 2.42. The molecule has 0 spiro atoms. The van der Waals surface area contributed by atoms with Gasteiger partial charge in [-0.05, 0) is 31.9 Å². The zero-order valence-corrected chi connectivity index (χ0v) is 10.5. The first kappa shape index (κ1) is 11.5. The topological polar surface area (TPSA) is 18.5 Å². The van der Waals surface area contributed by atoms with E-state index in [1.165, 1.54) is 11.1 Å². The highest BCUT2D eigenvalue weighted by Crippen LogP contribution is 2.41. The Morgan fingerprint density at radius 2 is 2.19 bits per heavy atom. The van der Waals surface area contributed by atoms with E-state index < -0.39 is 0 Å². The molecule has 0 radical (unpaired) electrons. The summed E-state index contributed by atoms with van der Waals surface area (Å²) in [6, 6.07) is 6.44. The molecule has 16 heavy (non-hydrogen) atoms. The minimum Gasteiger partial charge on any atom is -0.487 e. The normalized spacial score (nSPS) is 22.4. The van der Waals surface area contributed by atoms with Crippen LogP contribution in [-0.2, 0) is 11.2 Å². The van der Waals surface area contributed by atoms with Crippen LogP contribution in [0.15, 0.2) is 18.2 Å². The van der Waals surface area contributed by atoms with Crippen molar-refractivity contribution in [2.45, 2.75) is 45.3 Å². The molecule has 0 aromatic heterocycles. The van der Waals surface area contributed by atoms with Gasteiger partial charge in [0.25, 0.3) is 0 Å². The van der Waals surface area contributed by atoms with Gasteiger partial charge in [0.1, 0.15) is 11.4 Å². The van der Waals surface area contributed by atoms with E-state index in [9.17, 15) is 0 Å². The Kier molecular flexibility index (Phi) is 2.94. The van der Waals surface area contributed by atoms with Crippen LogP contribution in [0.3, 0.4) is 0 Å². The molecular weight excluding hydrogens is 200 g/mol. The van der Waals surface area contributed by atoms with Crippen molar-refractivity contribution in [2.75, 3.05) is 7.11 Å². The average Bonchev–Trinajstić information content (AvgIpc) is 2.25. The van der Waals surface area contributed by atoms with E-state index in [2.05, 4.69) is 39.0 Å². The SMILES string of the molecule is CCc1ccc2c(c1)OC(C)(C)C[C@H]2OC. The molecule has 0 aliphatic carbocycles. The predicted octanol–water partition coefficient (Wildman–Crippen LogP) is 3.50. The number of methoxy groups -OCH3 is 1. The van der Waals surface area contributed by atoms with Crippen molar-refractivity contribution in [3.63, 3.8) is 0 Å². The molecule has 2 nitrogen and oxygen atoms in total. The Morgan fingerprint density at radius 1 is 1.44 bits per heavy atom. The summed E-state index contributed by atoms with van der Waals surface area (Å²) >= 11 is 0. The van der Waals surface area contributed by atoms with E-state index in [1.54, 1.807) is 7.11 Å². The quantitative estimate of drug-likeness (QED) is 0.759. The maximum atomic E-state index is 6.01. The van der Waals surface area contributed by atoms with Crippen LogP contribution in [-0.4, -0.2) is 12.7 Å². The Morgan fingerprint density at radius 3 is 2.81 bits per heavy atom. The molecule has 2 rings (SSSR count). The van der Waals surface area contributed by atoms with Crippen molar-refractivity contribution < 1.29 is 9.47 Å². The smallest absolute Gasteiger partial charge is 0.126 e. The molecule has 1 aliphatic heterocycles. The molecule has 1 aromatic carbocycles. The van der Waals surface area contributed by atoms with Crippen molar-refractivity contribution in [2.24, 2.45) is 0 Å². The largest absolute Gasteiger partial charge is 0.487 e. The second kappa shape index (κ2) is 4.10. The zero-order valence-electron chi connectivity index (χ0n) is 10.5. The lowest BCUT2D eigenvalue weighted by Crippen LogP contribution is -2.35. The number of fused-ring (bicyclic) bond motifs is 1. The minimum atomic E-state index is -0.139. The van der Waals surface area contributed by atoms with Gasteiger partial charge < -0.3 is 9.47 Å². The van der Waals surface area contributed by atoms with Gasteiger partial charge in [0.15, 0.2) is 0 Å². The molecule has 1 atom stereocenters. The van der Waals surface area contributed by atoms with Crippen molar-refractivity contribution in [1.29, 1.82) is 0 Å². The minimum absolute atomic E-state index is 0.139. The Bertz CT molecular complexity index is 382. The summed E-state index contributed by atoms with van der Waals surface area (Å²) in [5.74, 6) is 0.988. The van der Waals surface area contributed by atoms with Crippen LogP contribution in [0.5, 0.6) is 5.75 Å². The number of benzene rings is 1. The highest BCUT2D eigenvalue weighted by Gasteiger charge is 2.33. The van der Waals surface area contributed by atoms with E-state index in [0.29, 0.717) is 0 Å². The third-order valence-electron chi connectivity index (χ3n) is 3.18. The Hall–Kier alpha value is -1.02. The van der Waals surface area contributed by atoms with E-state index in [1.807, 2.05) is 0 Å². The lowest BCUT2D eigenvalue weighted by atomic mass is 9.91. The number of hydrogen-bond acceptors (Lipinski definition) is 2. The van der Waals surface area contributed by atoms with Crippen LogP contribution in [0.25, 0.3) is 0 Å². The summed E-state index contributed by atoms with van der Waals surface area (Å²) in [7, 11) is 1.77. The van der Waals surface area contributed by atoms with Gasteiger partial charge in [-0.2, -0.15) is 0 Å². The van der Waals surface area contributed by atoms with E-state index in [4.69, 9.17) is 9.47 Å². The predicted molar refractivity (Wildman–Crippen MR) is 64.9 cm³/mol. The number of ether oxygens (including phenoxy) is 2. The fraction of sp³-hybridized carbons (Fsp3) is 0.571. The summed E-state index contributed by atoms with van der Waals surface area (Å²) in [5.41, 5.74) is 2.35. The van der Waals surface area contributed by atoms with Crippen LogP contribution < -0.4 is 4.74 Å². The second-order valence-electron chi connectivity index (χ2n) is 5.02. The van der Waals surface area contributed by atoms with Gasteiger partial charge in [-0.15, -0.1) is 0 Å². The maximum Gasteiger partial charge on any atom is 0.126 e. The second-order valence-corrected chi connectivity index (χ2v) is 5.02. The molecule has 0 saturated carbocycles. The molecule has 0 saturated heterocycles. The van der Waals surface area contributed by atoms with Crippen LogP contribution in [0.4, 0.5) is 0 Å². The first-order chi connectivity index (χ1) is 7.55. The highest BCUT2D eigenvalue weighted by molar-refractivity contribution is 5.41. The Labute approximate surface area is 97.6 Å². The van der Waals surface area contributed by atoms with Gasteiger partial charge in [0, 0.05) is 19.1 Å². The summed E-state index contributed by atoms with van der Waals surface area (Å²) < 4.78 is 11.6. The molecule has 1 aliphatic rings. The van der Waals surface area contributed by atoms with Gasteiger partial charge >= 0.3 is 0 Å². The van der Waals surface area contributed by atoms with Crippen molar-refractivity contribution in [1.82, 2.24) is 0 Å². The van der Waals surface area contributed by atoms with Crippen molar-refractivity contribution >= 4 is 0 Å². The zero-order chi connectivity index (χ0) is 11.8. The van der Waals surface area contributed by atoms with Crippen molar-refractivity contribution in [3.05, 3.63) is 29.3 Å². The maximum absolute atomic E-state index is 6.01. The standard InChI is InChI=1S/C14H20O2/c1-5-10-6-7-11-12(8-10)16-14(2,3)9-13(11)15-4/h6-8,13H,5,9H2,1-4H3/t13-/m1/s1. The molecule has 0 fully saturated rings. The molecule has 1 heterocycles. The molecule has 1 aromatic rings. The van der Waals surface area contributed by atoms with E-state index in [-0.39, 0.29) is 11.7 Å². The highest BCUT2D eigenvalue weighted by atomic mass is 16.5. The molecule has 2 heteroatoms. The van der Waals surface area contributed by atoms with E-state index >= 15 is 0 Å². The van der Waals surface area contributed by atoms with Crippen LogP contribution in [0, 0.1) is 0 Å². The third-order valence-corrected chi connectivity index (χ3v) is 3.18. The van der Waals surface area contributed by atoms with Gasteiger partial charge in [-0.1, -0.05) is 19.1 Å². The fourth-order valence-electron chi connectivity index (χ4n) is 2.26. The molecule has 0 bridgehead atoms. The monoisotopic (exact) mass is 220 g/mol. The number of aryl methyl sites for hydroxylation is 1. The van der Waals surface area contributed by atoms with Crippen LogP contribution in [0.1, 0.15) is 44.4 Å². The molecule has 88 valence electrons. The summed E-state index contributed by atoms with van der Waals surface area (Å²) in [6.07, 6.45) is 2.10. The molecular formula is C14H20O2. The summed E-state index contributed by atoms with van der Waals surface area (Å²) in [4.78, 5) is 0. The average molecular weight is 220 g/mol. The van der Waals surface area contributed by atoms with Crippen molar-refractivity contribution in [3.8, 4) is 5.75 Å². The van der Waals surface area contributed by atoms with Gasteiger partial charge in [-0.25, -0.2) is 0 Å². The van der Waals surface area contributed by atoms with Gasteiger partial charge in [0.2, 0.25) is 0 Å². The molecule has 0 amide bonds. The molecule has 0 N–H and O–H groups in total. The fourth-order valence-corrected chi connectivity index (χ4v) is 2.26.